The predicted molar refractivity (Wildman–Crippen MR) is 114 cm³/mol. The molecule has 0 atom stereocenters. The normalized spacial score (nSPS) is 12.8. The van der Waals surface area contributed by atoms with Gasteiger partial charge < -0.3 is 14.2 Å². The lowest BCUT2D eigenvalue weighted by molar-refractivity contribution is 0.148. The molecular formula is C23H22N2O2S. The summed E-state index contributed by atoms with van der Waals surface area (Å²) in [6, 6.07) is 22.3. The molecule has 1 aliphatic rings. The molecule has 0 aliphatic carbocycles. The van der Waals surface area contributed by atoms with Gasteiger partial charge in [0, 0.05) is 24.2 Å². The Morgan fingerprint density at radius 3 is 2.43 bits per heavy atom. The van der Waals surface area contributed by atoms with Crippen molar-refractivity contribution in [2.24, 2.45) is 0 Å². The van der Waals surface area contributed by atoms with Crippen LogP contribution >= 0.6 is 11.8 Å². The number of carbonyl (C=O) groups excluding carboxylic acids is 1. The third-order valence-electron chi connectivity index (χ3n) is 4.77. The number of fused-ring (bicyclic) bond motifs is 3. The molecule has 0 bridgehead atoms. The minimum absolute atomic E-state index is 0.326. The van der Waals surface area contributed by atoms with E-state index in [0.29, 0.717) is 18.8 Å². The quantitative estimate of drug-likeness (QED) is 0.557. The van der Waals surface area contributed by atoms with Gasteiger partial charge in [-0.2, -0.15) is 0 Å². The number of hydrogen-bond donors (Lipinski definition) is 0. The van der Waals surface area contributed by atoms with Crippen LogP contribution in [0.1, 0.15) is 25.1 Å². The van der Waals surface area contributed by atoms with Crippen LogP contribution in [0, 0.1) is 0 Å². The zero-order valence-electron chi connectivity index (χ0n) is 16.0. The largest absolute Gasteiger partial charge is 0.415 e. The molecule has 0 unspecified atom stereocenters. The van der Waals surface area contributed by atoms with Crippen LogP contribution in [0.2, 0.25) is 0 Å². The Kier molecular flexibility index (Phi) is 5.26. The van der Waals surface area contributed by atoms with Crippen LogP contribution in [0.15, 0.2) is 77.8 Å². The van der Waals surface area contributed by atoms with Gasteiger partial charge in [-0.1, -0.05) is 54.2 Å². The highest BCUT2D eigenvalue weighted by atomic mass is 32.2. The lowest BCUT2D eigenvalue weighted by atomic mass is 10.1. The van der Waals surface area contributed by atoms with E-state index in [1.54, 1.807) is 16.7 Å². The number of benzene rings is 2. The average Bonchev–Trinajstić information content (AvgIpc) is 3.17. The van der Waals surface area contributed by atoms with Gasteiger partial charge in [0.25, 0.3) is 0 Å². The third kappa shape index (κ3) is 3.34. The second-order valence-corrected chi connectivity index (χ2v) is 7.45. The first-order valence-electron chi connectivity index (χ1n) is 9.44. The fourth-order valence-electron chi connectivity index (χ4n) is 3.30. The van der Waals surface area contributed by atoms with Crippen molar-refractivity contribution in [2.45, 2.75) is 18.7 Å². The van der Waals surface area contributed by atoms with Crippen molar-refractivity contribution in [3.8, 4) is 5.69 Å². The first-order valence-corrected chi connectivity index (χ1v) is 10.3. The summed E-state index contributed by atoms with van der Waals surface area (Å²) >= 11 is 1.63. The van der Waals surface area contributed by atoms with Gasteiger partial charge in [-0.15, -0.1) is 0 Å². The SMILES string of the molecule is CCN(CC)C(=O)OC1=C(c2ccccc2)Sc2ccccc2-n2cccc21. The summed E-state index contributed by atoms with van der Waals surface area (Å²) in [6.45, 7) is 5.13. The van der Waals surface area contributed by atoms with E-state index in [0.717, 1.165) is 26.7 Å². The monoisotopic (exact) mass is 390 g/mol. The molecule has 0 saturated carbocycles. The number of amides is 1. The highest BCUT2D eigenvalue weighted by Gasteiger charge is 2.27. The summed E-state index contributed by atoms with van der Waals surface area (Å²) in [5, 5.41) is 0. The number of aromatic nitrogens is 1. The molecule has 28 heavy (non-hydrogen) atoms. The average molecular weight is 391 g/mol. The van der Waals surface area contributed by atoms with Crippen LogP contribution in [0.4, 0.5) is 4.79 Å². The number of hydrogen-bond acceptors (Lipinski definition) is 3. The second-order valence-electron chi connectivity index (χ2n) is 6.40. The van der Waals surface area contributed by atoms with Crippen molar-refractivity contribution >= 4 is 28.5 Å². The number of thioether (sulfide) groups is 1. The first kappa shape index (κ1) is 18.4. The molecule has 5 heteroatoms. The van der Waals surface area contributed by atoms with E-state index in [4.69, 9.17) is 4.74 Å². The summed E-state index contributed by atoms with van der Waals surface area (Å²) in [7, 11) is 0. The molecule has 0 saturated heterocycles. The number of ether oxygens (including phenoxy) is 1. The Morgan fingerprint density at radius 2 is 1.68 bits per heavy atom. The maximum atomic E-state index is 12.8. The second kappa shape index (κ2) is 7.98. The molecule has 2 aromatic carbocycles. The molecule has 1 amide bonds. The lowest BCUT2D eigenvalue weighted by Crippen LogP contribution is -2.31. The zero-order chi connectivity index (χ0) is 19.5. The van der Waals surface area contributed by atoms with E-state index in [1.807, 2.05) is 62.5 Å². The molecule has 2 heterocycles. The molecule has 0 fully saturated rings. The molecule has 0 radical (unpaired) electrons. The molecule has 4 rings (SSSR count). The molecule has 3 aromatic rings. The Balaban J connectivity index is 1.91. The molecule has 142 valence electrons. The van der Waals surface area contributed by atoms with Gasteiger partial charge >= 0.3 is 6.09 Å². The van der Waals surface area contributed by atoms with Crippen molar-refractivity contribution in [1.82, 2.24) is 9.47 Å². The van der Waals surface area contributed by atoms with Crippen LogP contribution < -0.4 is 0 Å². The van der Waals surface area contributed by atoms with Gasteiger partial charge in [0.1, 0.15) is 0 Å². The zero-order valence-corrected chi connectivity index (χ0v) is 16.8. The number of rotatable bonds is 4. The van der Waals surface area contributed by atoms with Gasteiger partial charge in [0.15, 0.2) is 5.76 Å². The van der Waals surface area contributed by atoms with E-state index >= 15 is 0 Å². The van der Waals surface area contributed by atoms with Crippen LogP contribution in [0.25, 0.3) is 16.4 Å². The standard InChI is InChI=1S/C23H22N2O2S/c1-3-24(4-2)23(26)27-21-19-14-10-16-25(19)18-13-8-9-15-20(18)28-22(21)17-11-6-5-7-12-17/h5-16H,3-4H2,1-2H3. The fourth-order valence-corrected chi connectivity index (χ4v) is 4.43. The molecular weight excluding hydrogens is 368 g/mol. The Hall–Kier alpha value is -2.92. The van der Waals surface area contributed by atoms with Crippen LogP contribution in [0.5, 0.6) is 0 Å². The summed E-state index contributed by atoms with van der Waals surface area (Å²) < 4.78 is 8.11. The van der Waals surface area contributed by atoms with Gasteiger partial charge in [-0.25, -0.2) is 4.79 Å². The molecule has 0 N–H and O–H groups in total. The van der Waals surface area contributed by atoms with Crippen molar-refractivity contribution in [3.05, 3.63) is 84.2 Å². The molecule has 4 nitrogen and oxygen atoms in total. The number of nitrogens with zero attached hydrogens (tertiary/aromatic N) is 2. The fraction of sp³-hybridized carbons (Fsp3) is 0.174. The van der Waals surface area contributed by atoms with E-state index in [1.165, 1.54) is 0 Å². The minimum Gasteiger partial charge on any atom is -0.407 e. The van der Waals surface area contributed by atoms with E-state index in [9.17, 15) is 4.79 Å². The highest BCUT2D eigenvalue weighted by Crippen LogP contribution is 2.46. The Morgan fingerprint density at radius 1 is 0.964 bits per heavy atom. The smallest absolute Gasteiger partial charge is 0.407 e. The van der Waals surface area contributed by atoms with Crippen molar-refractivity contribution in [2.75, 3.05) is 13.1 Å². The summed E-state index contributed by atoms with van der Waals surface area (Å²) in [6.07, 6.45) is 1.68. The van der Waals surface area contributed by atoms with Crippen molar-refractivity contribution in [1.29, 1.82) is 0 Å². The summed E-state index contributed by atoms with van der Waals surface area (Å²) in [4.78, 5) is 16.6. The molecule has 0 spiro atoms. The highest BCUT2D eigenvalue weighted by molar-refractivity contribution is 8.08. The van der Waals surface area contributed by atoms with Gasteiger partial charge in [0.2, 0.25) is 0 Å². The summed E-state index contributed by atoms with van der Waals surface area (Å²) in [5.41, 5.74) is 2.98. The van der Waals surface area contributed by atoms with E-state index in [-0.39, 0.29) is 6.09 Å². The topological polar surface area (TPSA) is 34.5 Å². The first-order chi connectivity index (χ1) is 13.7. The molecule has 1 aliphatic heterocycles. The van der Waals surface area contributed by atoms with Crippen LogP contribution in [-0.2, 0) is 4.74 Å². The Labute approximate surface area is 169 Å². The Bertz CT molecular complexity index is 1020. The van der Waals surface area contributed by atoms with E-state index in [2.05, 4.69) is 28.8 Å². The lowest BCUT2D eigenvalue weighted by Gasteiger charge is -2.20. The molecule has 1 aromatic heterocycles. The number of carbonyl (C=O) groups is 1. The van der Waals surface area contributed by atoms with Gasteiger partial charge in [0.05, 0.1) is 16.3 Å². The number of para-hydroxylation sites is 1. The maximum Gasteiger partial charge on any atom is 0.415 e. The van der Waals surface area contributed by atoms with Crippen molar-refractivity contribution < 1.29 is 9.53 Å². The van der Waals surface area contributed by atoms with Crippen LogP contribution in [0.3, 0.4) is 0 Å². The third-order valence-corrected chi connectivity index (χ3v) is 5.96. The van der Waals surface area contributed by atoms with Crippen molar-refractivity contribution in [3.63, 3.8) is 0 Å². The van der Waals surface area contributed by atoms with Gasteiger partial charge in [-0.05, 0) is 43.7 Å². The predicted octanol–water partition coefficient (Wildman–Crippen LogP) is 5.89. The van der Waals surface area contributed by atoms with E-state index < -0.39 is 0 Å². The summed E-state index contributed by atoms with van der Waals surface area (Å²) in [5.74, 6) is 0.592. The maximum absolute atomic E-state index is 12.8. The minimum atomic E-state index is -0.326. The van der Waals surface area contributed by atoms with Crippen LogP contribution in [-0.4, -0.2) is 28.6 Å². The van der Waals surface area contributed by atoms with Gasteiger partial charge in [-0.3, -0.25) is 0 Å².